The summed E-state index contributed by atoms with van der Waals surface area (Å²) in [6.07, 6.45) is 0. The van der Waals surface area contributed by atoms with Gasteiger partial charge in [0.15, 0.2) is 16.0 Å². The van der Waals surface area contributed by atoms with Gasteiger partial charge in [0, 0.05) is 18.8 Å². The van der Waals surface area contributed by atoms with E-state index in [4.69, 9.17) is 5.11 Å². The lowest BCUT2D eigenvalue weighted by molar-refractivity contribution is 0.0685. The van der Waals surface area contributed by atoms with E-state index in [9.17, 15) is 18.2 Å². The van der Waals surface area contributed by atoms with Crippen LogP contribution >= 0.6 is 0 Å². The number of carbonyl (C=O) groups is 2. The zero-order valence-corrected chi connectivity index (χ0v) is 19.1. The molecule has 3 N–H and O–H groups in total. The molecule has 2 rings (SSSR count). The van der Waals surface area contributed by atoms with Gasteiger partial charge in [-0.05, 0) is 35.1 Å². The van der Waals surface area contributed by atoms with Gasteiger partial charge in [-0.2, -0.15) is 5.10 Å². The minimum atomic E-state index is -2.06. The molecule has 8 nitrogen and oxygen atoms in total. The molecule has 1 atom stereocenters. The first-order chi connectivity index (χ1) is 14.0. The summed E-state index contributed by atoms with van der Waals surface area (Å²) in [6, 6.07) is 3.08. The van der Waals surface area contributed by atoms with Crippen LogP contribution in [0.5, 0.6) is 0 Å². The Labute approximate surface area is 178 Å². The largest absolute Gasteiger partial charge is 0.477 e. The summed E-state index contributed by atoms with van der Waals surface area (Å²) >= 11 is 0. The Hall–Kier alpha value is -2.75. The first-order valence-electron chi connectivity index (χ1n) is 9.61. The monoisotopic (exact) mass is 440 g/mol. The number of carboxylic acid groups (broad SMARTS) is 1. The maximum absolute atomic E-state index is 14.0. The Morgan fingerprint density at radius 1 is 1.10 bits per heavy atom. The van der Waals surface area contributed by atoms with Crippen molar-refractivity contribution in [3.05, 3.63) is 40.8 Å². The zero-order chi connectivity index (χ0) is 23.2. The number of anilines is 1. The van der Waals surface area contributed by atoms with Crippen molar-refractivity contribution in [2.24, 2.45) is 7.05 Å². The van der Waals surface area contributed by atoms with E-state index in [0.717, 1.165) is 10.7 Å². The molecule has 0 spiro atoms. The summed E-state index contributed by atoms with van der Waals surface area (Å²) in [6.45, 7) is 11.5. The molecule has 10 heteroatoms. The number of hydrogen-bond acceptors (Lipinski definition) is 4. The average molecular weight is 441 g/mol. The SMILES string of the molecule is CC.CC(C)c1cc(F)cc(C(C)C)c1NC(=O)NS(=O)c1cc(C(=O)O)n(C)n1. The predicted octanol–water partition coefficient (Wildman–Crippen LogP) is 4.37. The smallest absolute Gasteiger partial charge is 0.354 e. The van der Waals surface area contributed by atoms with E-state index >= 15 is 0 Å². The molecule has 0 bridgehead atoms. The Bertz CT molecular complexity index is 912. The molecule has 0 saturated carbocycles. The van der Waals surface area contributed by atoms with E-state index < -0.39 is 28.8 Å². The van der Waals surface area contributed by atoms with Crippen molar-refractivity contribution < 1.29 is 23.3 Å². The number of aryl methyl sites for hydroxylation is 1. The number of benzene rings is 1. The highest BCUT2D eigenvalue weighted by Gasteiger charge is 2.21. The third-order valence-corrected chi connectivity index (χ3v) is 5.05. The number of hydrogen-bond donors (Lipinski definition) is 3. The van der Waals surface area contributed by atoms with Gasteiger partial charge in [0.2, 0.25) is 0 Å². The quantitative estimate of drug-likeness (QED) is 0.617. The van der Waals surface area contributed by atoms with Crippen molar-refractivity contribution in [1.82, 2.24) is 14.5 Å². The first-order valence-corrected chi connectivity index (χ1v) is 10.8. The molecule has 1 heterocycles. The van der Waals surface area contributed by atoms with Crippen molar-refractivity contribution in [3.8, 4) is 0 Å². The lowest BCUT2D eigenvalue weighted by Gasteiger charge is -2.20. The minimum Gasteiger partial charge on any atom is -0.477 e. The highest BCUT2D eigenvalue weighted by atomic mass is 32.2. The van der Waals surface area contributed by atoms with Crippen LogP contribution in [0.4, 0.5) is 14.9 Å². The second kappa shape index (κ2) is 10.9. The molecule has 1 aromatic heterocycles. The van der Waals surface area contributed by atoms with Gasteiger partial charge in [-0.3, -0.25) is 9.40 Å². The number of amides is 2. The number of nitrogens with zero attached hydrogens (tertiary/aromatic N) is 2. The van der Waals surface area contributed by atoms with E-state index in [0.29, 0.717) is 16.8 Å². The molecule has 0 aliphatic rings. The van der Waals surface area contributed by atoms with Gasteiger partial charge in [0.05, 0.1) is 0 Å². The van der Waals surface area contributed by atoms with Gasteiger partial charge >= 0.3 is 12.0 Å². The molecule has 30 heavy (non-hydrogen) atoms. The van der Waals surface area contributed by atoms with Crippen LogP contribution in [0.3, 0.4) is 0 Å². The summed E-state index contributed by atoms with van der Waals surface area (Å²) in [7, 11) is -0.668. The molecule has 0 aliphatic heterocycles. The predicted molar refractivity (Wildman–Crippen MR) is 115 cm³/mol. The number of nitrogens with one attached hydrogen (secondary N) is 2. The fourth-order valence-electron chi connectivity index (χ4n) is 2.71. The summed E-state index contributed by atoms with van der Waals surface area (Å²) < 4.78 is 29.6. The fraction of sp³-hybridized carbons (Fsp3) is 0.450. The second-order valence-electron chi connectivity index (χ2n) is 6.89. The number of carbonyl (C=O) groups excluding carboxylic acids is 1. The van der Waals surface area contributed by atoms with Crippen LogP contribution in [-0.2, 0) is 18.0 Å². The van der Waals surface area contributed by atoms with Crippen LogP contribution in [0.15, 0.2) is 23.2 Å². The lowest BCUT2D eigenvalue weighted by Crippen LogP contribution is -2.31. The highest BCUT2D eigenvalue weighted by molar-refractivity contribution is 7.83. The molecule has 1 aromatic carbocycles. The van der Waals surface area contributed by atoms with Crippen molar-refractivity contribution in [1.29, 1.82) is 0 Å². The summed E-state index contributed by atoms with van der Waals surface area (Å²) in [5.41, 5.74) is 1.55. The van der Waals surface area contributed by atoms with Crippen molar-refractivity contribution in [3.63, 3.8) is 0 Å². The average Bonchev–Trinajstić information content (AvgIpc) is 3.06. The summed E-state index contributed by atoms with van der Waals surface area (Å²) in [4.78, 5) is 23.5. The lowest BCUT2D eigenvalue weighted by atomic mass is 9.92. The van der Waals surface area contributed by atoms with E-state index in [1.807, 2.05) is 41.5 Å². The molecule has 0 saturated heterocycles. The number of rotatable bonds is 6. The number of aromatic nitrogens is 2. The highest BCUT2D eigenvalue weighted by Crippen LogP contribution is 2.33. The van der Waals surface area contributed by atoms with Gasteiger partial charge in [0.1, 0.15) is 11.5 Å². The number of urea groups is 1. The van der Waals surface area contributed by atoms with Crippen LogP contribution in [0.2, 0.25) is 0 Å². The van der Waals surface area contributed by atoms with E-state index in [1.165, 1.54) is 19.2 Å². The van der Waals surface area contributed by atoms with Crippen LogP contribution < -0.4 is 10.0 Å². The van der Waals surface area contributed by atoms with E-state index in [1.54, 1.807) is 0 Å². The topological polar surface area (TPSA) is 113 Å². The zero-order valence-electron chi connectivity index (χ0n) is 18.2. The molecule has 2 aromatic rings. The summed E-state index contributed by atoms with van der Waals surface area (Å²) in [5.74, 6) is -1.72. The molecule has 0 fully saturated rings. The number of carboxylic acids is 1. The minimum absolute atomic E-state index is 0.0529. The molecule has 166 valence electrons. The fourth-order valence-corrected chi connectivity index (χ4v) is 3.45. The maximum atomic E-state index is 14.0. The Kier molecular flexibility index (Phi) is 9.16. The molecule has 0 aliphatic carbocycles. The summed E-state index contributed by atoms with van der Waals surface area (Å²) in [5, 5.41) is 15.4. The second-order valence-corrected chi connectivity index (χ2v) is 8.05. The van der Waals surface area contributed by atoms with Gasteiger partial charge in [-0.1, -0.05) is 41.5 Å². The van der Waals surface area contributed by atoms with Crippen LogP contribution in [0.25, 0.3) is 0 Å². The van der Waals surface area contributed by atoms with Crippen LogP contribution in [0, 0.1) is 5.82 Å². The van der Waals surface area contributed by atoms with E-state index in [2.05, 4.69) is 15.1 Å². The molecular weight excluding hydrogens is 411 g/mol. The van der Waals surface area contributed by atoms with Crippen molar-refractivity contribution >= 4 is 28.7 Å². The van der Waals surface area contributed by atoms with Gasteiger partial charge < -0.3 is 10.4 Å². The third kappa shape index (κ3) is 6.12. The normalized spacial score (nSPS) is 11.7. The molecule has 0 radical (unpaired) electrons. The Morgan fingerprint density at radius 3 is 2.00 bits per heavy atom. The van der Waals surface area contributed by atoms with Gasteiger partial charge in [-0.25, -0.2) is 18.2 Å². The maximum Gasteiger partial charge on any atom is 0.354 e. The molecular formula is C20H29FN4O4S. The molecule has 2 amide bonds. The third-order valence-electron chi connectivity index (χ3n) is 4.10. The van der Waals surface area contributed by atoms with Crippen molar-refractivity contribution in [2.75, 3.05) is 5.32 Å². The van der Waals surface area contributed by atoms with E-state index in [-0.39, 0.29) is 22.6 Å². The van der Waals surface area contributed by atoms with Gasteiger partial charge in [0.25, 0.3) is 0 Å². The first kappa shape index (κ1) is 25.3. The van der Waals surface area contributed by atoms with Crippen LogP contribution in [0.1, 0.15) is 75.0 Å². The molecule has 1 unspecified atom stereocenters. The Balaban J connectivity index is 0.00000218. The Morgan fingerprint density at radius 2 is 1.60 bits per heavy atom. The van der Waals surface area contributed by atoms with Crippen LogP contribution in [-0.4, -0.2) is 31.1 Å². The number of aromatic carboxylic acids is 1. The standard InChI is InChI=1S/C18H23FN4O4S.C2H6/c1-9(2)12-6-11(19)7-13(10(3)4)16(12)20-18(26)22-28(27)15-8-14(17(24)25)23(5)21-15;1-2/h6-10H,1-5H3,(H,24,25)(H2,20,22,26);1-2H3. The number of halogens is 1. The van der Waals surface area contributed by atoms with Gasteiger partial charge in [-0.15, -0.1) is 0 Å². The van der Waals surface area contributed by atoms with Crippen molar-refractivity contribution in [2.45, 2.75) is 58.4 Å².